The van der Waals surface area contributed by atoms with Gasteiger partial charge in [-0.25, -0.2) is 9.37 Å². The Morgan fingerprint density at radius 2 is 2.10 bits per heavy atom. The first-order valence-electron chi connectivity index (χ1n) is 5.73. The average molecular weight is 272 g/mol. The van der Waals surface area contributed by atoms with Gasteiger partial charge in [-0.15, -0.1) is 0 Å². The Kier molecular flexibility index (Phi) is 4.30. The first kappa shape index (κ1) is 14.0. The third-order valence-electron chi connectivity index (χ3n) is 2.59. The van der Waals surface area contributed by atoms with Crippen LogP contribution in [0.1, 0.15) is 11.3 Å². The average Bonchev–Trinajstić information content (AvgIpc) is 2.45. The molecule has 0 fully saturated rings. The van der Waals surface area contributed by atoms with Crippen LogP contribution in [-0.4, -0.2) is 22.2 Å². The summed E-state index contributed by atoms with van der Waals surface area (Å²) >= 11 is 0. The van der Waals surface area contributed by atoms with Gasteiger partial charge in [-0.3, -0.25) is 0 Å². The highest BCUT2D eigenvalue weighted by Crippen LogP contribution is 2.13. The minimum absolute atomic E-state index is 0.150. The molecule has 0 amide bonds. The lowest BCUT2D eigenvalue weighted by molar-refractivity contribution is 0.304. The minimum atomic E-state index is -1.86. The molecule has 20 heavy (non-hydrogen) atoms. The first-order valence-corrected chi connectivity index (χ1v) is 5.73. The molecule has 0 atom stereocenters. The van der Waals surface area contributed by atoms with Gasteiger partial charge in [-0.1, -0.05) is 6.07 Å². The summed E-state index contributed by atoms with van der Waals surface area (Å²) < 4.78 is 18.9. The normalized spacial score (nSPS) is 9.90. The van der Waals surface area contributed by atoms with E-state index in [0.29, 0.717) is 0 Å². The fourth-order valence-electron chi connectivity index (χ4n) is 1.60. The molecule has 2 N–H and O–H groups in total. The number of nitriles is 1. The SMILES string of the molecule is N#Cc1cc(COc2ccc(B(O)O)c(F)c2)ccn1. The molecule has 100 valence electrons. The van der Waals surface area contributed by atoms with Crippen molar-refractivity contribution in [2.45, 2.75) is 6.61 Å². The quantitative estimate of drug-likeness (QED) is 0.784. The lowest BCUT2D eigenvalue weighted by Crippen LogP contribution is -2.32. The highest BCUT2D eigenvalue weighted by atomic mass is 19.1. The van der Waals surface area contributed by atoms with E-state index >= 15 is 0 Å². The molecule has 1 heterocycles. The number of hydrogen-bond donors (Lipinski definition) is 2. The van der Waals surface area contributed by atoms with Crippen LogP contribution in [0.25, 0.3) is 0 Å². The highest BCUT2D eigenvalue weighted by Gasteiger charge is 2.16. The van der Waals surface area contributed by atoms with E-state index in [0.717, 1.165) is 11.6 Å². The number of rotatable bonds is 4. The van der Waals surface area contributed by atoms with E-state index in [1.54, 1.807) is 12.1 Å². The van der Waals surface area contributed by atoms with Crippen LogP contribution in [0.3, 0.4) is 0 Å². The topological polar surface area (TPSA) is 86.4 Å². The molecule has 0 aliphatic carbocycles. The largest absolute Gasteiger partial charge is 0.491 e. The number of hydrogen-bond acceptors (Lipinski definition) is 5. The maximum atomic E-state index is 13.5. The number of halogens is 1. The van der Waals surface area contributed by atoms with Gasteiger partial charge < -0.3 is 14.8 Å². The van der Waals surface area contributed by atoms with Gasteiger partial charge in [0.2, 0.25) is 0 Å². The zero-order chi connectivity index (χ0) is 14.5. The van der Waals surface area contributed by atoms with Crippen molar-refractivity contribution in [3.05, 3.63) is 53.6 Å². The molecule has 0 saturated carbocycles. The van der Waals surface area contributed by atoms with Gasteiger partial charge in [-0.05, 0) is 23.8 Å². The number of aromatic nitrogens is 1. The van der Waals surface area contributed by atoms with E-state index in [4.69, 9.17) is 20.0 Å². The van der Waals surface area contributed by atoms with Crippen molar-refractivity contribution in [3.8, 4) is 11.8 Å². The molecule has 0 unspecified atom stereocenters. The molecular weight excluding hydrogens is 262 g/mol. The summed E-state index contributed by atoms with van der Waals surface area (Å²) in [7, 11) is -1.86. The summed E-state index contributed by atoms with van der Waals surface area (Å²) in [5, 5.41) is 26.5. The van der Waals surface area contributed by atoms with Crippen molar-refractivity contribution in [1.29, 1.82) is 5.26 Å². The third-order valence-corrected chi connectivity index (χ3v) is 2.59. The van der Waals surface area contributed by atoms with Crippen molar-refractivity contribution in [2.75, 3.05) is 0 Å². The van der Waals surface area contributed by atoms with Crippen LogP contribution in [0.5, 0.6) is 5.75 Å². The monoisotopic (exact) mass is 272 g/mol. The molecule has 0 saturated heterocycles. The van der Waals surface area contributed by atoms with Crippen LogP contribution in [0.2, 0.25) is 0 Å². The predicted molar refractivity (Wildman–Crippen MR) is 69.5 cm³/mol. The van der Waals surface area contributed by atoms with Gasteiger partial charge in [0.25, 0.3) is 0 Å². The maximum Gasteiger partial charge on any atom is 0.491 e. The Labute approximate surface area is 115 Å². The molecule has 0 bridgehead atoms. The molecule has 1 aromatic carbocycles. The molecular formula is C13H10BFN2O3. The van der Waals surface area contributed by atoms with Crippen LogP contribution in [0.4, 0.5) is 4.39 Å². The third kappa shape index (κ3) is 3.32. The molecule has 0 spiro atoms. The summed E-state index contributed by atoms with van der Waals surface area (Å²) in [6.07, 6.45) is 1.49. The van der Waals surface area contributed by atoms with Gasteiger partial charge in [0, 0.05) is 17.7 Å². The number of pyridine rings is 1. The second-order valence-electron chi connectivity index (χ2n) is 4.01. The van der Waals surface area contributed by atoms with E-state index in [1.165, 1.54) is 18.3 Å². The predicted octanol–water partition coefficient (Wildman–Crippen LogP) is 0.351. The van der Waals surface area contributed by atoms with Crippen LogP contribution >= 0.6 is 0 Å². The minimum Gasteiger partial charge on any atom is -0.489 e. The summed E-state index contributed by atoms with van der Waals surface area (Å²) in [6, 6.07) is 8.91. The second-order valence-corrected chi connectivity index (χ2v) is 4.01. The van der Waals surface area contributed by atoms with Crippen molar-refractivity contribution in [3.63, 3.8) is 0 Å². The Hall–Kier alpha value is -2.43. The fraction of sp³-hybridized carbons (Fsp3) is 0.0769. The Balaban J connectivity index is 2.07. The summed E-state index contributed by atoms with van der Waals surface area (Å²) in [6.45, 7) is 0.150. The molecule has 2 rings (SSSR count). The van der Waals surface area contributed by atoms with E-state index in [1.807, 2.05) is 6.07 Å². The maximum absolute atomic E-state index is 13.5. The van der Waals surface area contributed by atoms with Crippen molar-refractivity contribution in [2.24, 2.45) is 0 Å². The molecule has 0 radical (unpaired) electrons. The first-order chi connectivity index (χ1) is 9.60. The number of nitrogens with zero attached hydrogens (tertiary/aromatic N) is 2. The number of benzene rings is 1. The Bertz CT molecular complexity index is 658. The Morgan fingerprint density at radius 3 is 2.75 bits per heavy atom. The van der Waals surface area contributed by atoms with Crippen molar-refractivity contribution < 1.29 is 19.2 Å². The van der Waals surface area contributed by atoms with Gasteiger partial charge >= 0.3 is 7.12 Å². The smallest absolute Gasteiger partial charge is 0.489 e. The van der Waals surface area contributed by atoms with E-state index < -0.39 is 12.9 Å². The molecule has 0 aliphatic rings. The lowest BCUT2D eigenvalue weighted by Gasteiger charge is -2.08. The van der Waals surface area contributed by atoms with Gasteiger partial charge in [-0.2, -0.15) is 5.26 Å². The Morgan fingerprint density at radius 1 is 1.30 bits per heavy atom. The van der Waals surface area contributed by atoms with Gasteiger partial charge in [0.15, 0.2) is 0 Å². The summed E-state index contributed by atoms with van der Waals surface area (Å²) in [5.41, 5.74) is 0.785. The van der Waals surface area contributed by atoms with Crippen LogP contribution in [0.15, 0.2) is 36.5 Å². The van der Waals surface area contributed by atoms with Gasteiger partial charge in [0.1, 0.15) is 29.9 Å². The zero-order valence-corrected chi connectivity index (χ0v) is 10.3. The van der Waals surface area contributed by atoms with Crippen LogP contribution in [-0.2, 0) is 6.61 Å². The molecule has 1 aromatic heterocycles. The summed E-state index contributed by atoms with van der Waals surface area (Å²) in [4.78, 5) is 3.83. The van der Waals surface area contributed by atoms with E-state index in [-0.39, 0.29) is 23.5 Å². The van der Waals surface area contributed by atoms with Gasteiger partial charge in [0.05, 0.1) is 0 Å². The lowest BCUT2D eigenvalue weighted by atomic mass is 9.80. The van der Waals surface area contributed by atoms with E-state index in [2.05, 4.69) is 4.98 Å². The van der Waals surface area contributed by atoms with Crippen LogP contribution in [0, 0.1) is 17.1 Å². The van der Waals surface area contributed by atoms with Crippen molar-refractivity contribution in [1.82, 2.24) is 4.98 Å². The zero-order valence-electron chi connectivity index (χ0n) is 10.3. The number of ether oxygens (including phenoxy) is 1. The van der Waals surface area contributed by atoms with E-state index in [9.17, 15) is 4.39 Å². The molecule has 2 aromatic rings. The fourth-order valence-corrected chi connectivity index (χ4v) is 1.60. The van der Waals surface area contributed by atoms with Crippen molar-refractivity contribution >= 4 is 12.6 Å². The standard InChI is InChI=1S/C13H10BFN2O3/c15-13-6-11(1-2-12(13)14(18)19)20-8-9-3-4-17-10(5-9)7-16/h1-6,18-19H,8H2. The molecule has 5 nitrogen and oxygen atoms in total. The molecule has 7 heteroatoms. The van der Waals surface area contributed by atoms with Crippen LogP contribution < -0.4 is 10.2 Å². The highest BCUT2D eigenvalue weighted by molar-refractivity contribution is 6.58. The summed E-state index contributed by atoms with van der Waals surface area (Å²) in [5.74, 6) is -0.507. The molecule has 0 aliphatic heterocycles. The second kappa shape index (κ2) is 6.15.